The molecule has 1 aliphatic carbocycles. The number of nitrogens with one attached hydrogen (secondary N) is 1. The van der Waals surface area contributed by atoms with Crippen LogP contribution in [0.3, 0.4) is 0 Å². The molecule has 102 valence electrons. The fourth-order valence-electron chi connectivity index (χ4n) is 2.75. The predicted octanol–water partition coefficient (Wildman–Crippen LogP) is 5.04. The second-order valence-corrected chi connectivity index (χ2v) is 7.54. The molecule has 1 atom stereocenters. The molecule has 3 rings (SSSR count). The minimum atomic E-state index is 0.254. The van der Waals surface area contributed by atoms with E-state index in [1.807, 2.05) is 24.5 Å². The Balaban J connectivity index is 1.94. The molecule has 0 aromatic carbocycles. The van der Waals surface area contributed by atoms with Gasteiger partial charge in [0.2, 0.25) is 0 Å². The predicted molar refractivity (Wildman–Crippen MR) is 85.8 cm³/mol. The van der Waals surface area contributed by atoms with E-state index in [4.69, 9.17) is 11.6 Å². The first-order chi connectivity index (χ1) is 9.29. The summed E-state index contributed by atoms with van der Waals surface area (Å²) in [5, 5.41) is 6.38. The largest absolute Gasteiger partial charge is 0.308 e. The third-order valence-corrected chi connectivity index (χ3v) is 6.47. The number of halogens is 1. The molecule has 0 radical (unpaired) electrons. The van der Waals surface area contributed by atoms with Crippen LogP contribution in [0.5, 0.6) is 0 Å². The third-order valence-electron chi connectivity index (χ3n) is 3.75. The smallest absolute Gasteiger partial charge is 0.0777 e. The van der Waals surface area contributed by atoms with Gasteiger partial charge in [-0.2, -0.15) is 0 Å². The zero-order chi connectivity index (χ0) is 13.2. The van der Waals surface area contributed by atoms with Crippen molar-refractivity contribution in [3.63, 3.8) is 0 Å². The highest BCUT2D eigenvalue weighted by atomic mass is 35.5. The van der Waals surface area contributed by atoms with Gasteiger partial charge in [-0.15, -0.1) is 22.7 Å². The van der Waals surface area contributed by atoms with Gasteiger partial charge < -0.3 is 5.32 Å². The lowest BCUT2D eigenvalue weighted by atomic mass is 10.1. The van der Waals surface area contributed by atoms with E-state index >= 15 is 0 Å². The van der Waals surface area contributed by atoms with Crippen LogP contribution in [0.15, 0.2) is 17.5 Å². The van der Waals surface area contributed by atoms with Gasteiger partial charge in [0.15, 0.2) is 0 Å². The van der Waals surface area contributed by atoms with Crippen molar-refractivity contribution in [2.24, 2.45) is 0 Å². The van der Waals surface area contributed by atoms with E-state index in [0.29, 0.717) is 0 Å². The SMILES string of the molecule is CNC(c1cc2c(s1)CCCCC2)c1sccc1Cl. The van der Waals surface area contributed by atoms with E-state index < -0.39 is 0 Å². The Morgan fingerprint density at radius 3 is 2.84 bits per heavy atom. The number of rotatable bonds is 3. The molecule has 1 unspecified atom stereocenters. The van der Waals surface area contributed by atoms with Crippen molar-refractivity contribution in [2.45, 2.75) is 38.1 Å². The van der Waals surface area contributed by atoms with Crippen LogP contribution in [0.2, 0.25) is 5.02 Å². The molecular weight excluding hydrogens is 294 g/mol. The molecular formula is C15H18ClNS2. The van der Waals surface area contributed by atoms with Gasteiger partial charge in [0, 0.05) is 14.6 Å². The van der Waals surface area contributed by atoms with Crippen molar-refractivity contribution in [1.29, 1.82) is 0 Å². The molecule has 0 saturated carbocycles. The molecule has 1 N–H and O–H groups in total. The fourth-order valence-corrected chi connectivity index (χ4v) is 5.49. The highest BCUT2D eigenvalue weighted by Gasteiger charge is 2.21. The van der Waals surface area contributed by atoms with Gasteiger partial charge in [-0.25, -0.2) is 0 Å². The summed E-state index contributed by atoms with van der Waals surface area (Å²) in [6.07, 6.45) is 6.57. The maximum Gasteiger partial charge on any atom is 0.0777 e. The second-order valence-electron chi connectivity index (χ2n) is 5.01. The molecule has 0 spiro atoms. The number of hydrogen-bond donors (Lipinski definition) is 1. The first kappa shape index (κ1) is 13.6. The van der Waals surface area contributed by atoms with E-state index in [-0.39, 0.29) is 6.04 Å². The normalized spacial score (nSPS) is 16.9. The van der Waals surface area contributed by atoms with Crippen LogP contribution in [-0.2, 0) is 12.8 Å². The Kier molecular flexibility index (Phi) is 4.27. The van der Waals surface area contributed by atoms with Gasteiger partial charge in [-0.1, -0.05) is 18.0 Å². The molecule has 4 heteroatoms. The van der Waals surface area contributed by atoms with Crippen LogP contribution < -0.4 is 5.32 Å². The Labute approximate surface area is 127 Å². The summed E-state index contributed by atoms with van der Waals surface area (Å²) in [5.41, 5.74) is 1.57. The number of thiophene rings is 2. The lowest BCUT2D eigenvalue weighted by Gasteiger charge is -2.13. The van der Waals surface area contributed by atoms with Crippen molar-refractivity contribution in [2.75, 3.05) is 7.05 Å². The first-order valence-corrected chi connectivity index (χ1v) is 8.88. The van der Waals surface area contributed by atoms with Crippen molar-refractivity contribution >= 4 is 34.3 Å². The van der Waals surface area contributed by atoms with Crippen LogP contribution in [-0.4, -0.2) is 7.05 Å². The molecule has 1 nitrogen and oxygen atoms in total. The van der Waals surface area contributed by atoms with Crippen LogP contribution in [0, 0.1) is 0 Å². The van der Waals surface area contributed by atoms with Gasteiger partial charge in [0.1, 0.15) is 0 Å². The molecule has 0 amide bonds. The molecule has 0 fully saturated rings. The zero-order valence-electron chi connectivity index (χ0n) is 11.0. The fraction of sp³-hybridized carbons (Fsp3) is 0.467. The minimum absolute atomic E-state index is 0.254. The average molecular weight is 312 g/mol. The molecule has 2 aromatic rings. The standard InChI is InChI=1S/C15H18ClNS2/c1-17-14(15-11(16)7-8-18-15)13-9-10-5-3-2-4-6-12(10)19-13/h7-9,14,17H,2-6H2,1H3. The number of fused-ring (bicyclic) bond motifs is 1. The minimum Gasteiger partial charge on any atom is -0.308 e. The van der Waals surface area contributed by atoms with Crippen LogP contribution >= 0.6 is 34.3 Å². The summed E-state index contributed by atoms with van der Waals surface area (Å²) < 4.78 is 0. The molecule has 19 heavy (non-hydrogen) atoms. The summed E-state index contributed by atoms with van der Waals surface area (Å²) in [4.78, 5) is 4.25. The Morgan fingerprint density at radius 1 is 1.26 bits per heavy atom. The van der Waals surface area contributed by atoms with E-state index in [9.17, 15) is 0 Å². The second kappa shape index (κ2) is 5.96. The van der Waals surface area contributed by atoms with Crippen molar-refractivity contribution in [3.05, 3.63) is 42.7 Å². The first-order valence-electron chi connectivity index (χ1n) is 6.81. The third kappa shape index (κ3) is 2.75. The maximum atomic E-state index is 6.29. The van der Waals surface area contributed by atoms with Gasteiger partial charge >= 0.3 is 0 Å². The van der Waals surface area contributed by atoms with Crippen molar-refractivity contribution < 1.29 is 0 Å². The summed E-state index contributed by atoms with van der Waals surface area (Å²) in [5.74, 6) is 0. The summed E-state index contributed by atoms with van der Waals surface area (Å²) >= 11 is 10.0. The molecule has 2 aromatic heterocycles. The highest BCUT2D eigenvalue weighted by molar-refractivity contribution is 7.13. The summed E-state index contributed by atoms with van der Waals surface area (Å²) in [7, 11) is 2.02. The van der Waals surface area contributed by atoms with Crippen molar-refractivity contribution in [1.82, 2.24) is 5.32 Å². The monoisotopic (exact) mass is 311 g/mol. The summed E-state index contributed by atoms with van der Waals surface area (Å²) in [6.45, 7) is 0. The van der Waals surface area contributed by atoms with E-state index in [0.717, 1.165) is 5.02 Å². The van der Waals surface area contributed by atoms with Crippen molar-refractivity contribution in [3.8, 4) is 0 Å². The average Bonchev–Trinajstić information content (AvgIpc) is 2.93. The van der Waals surface area contributed by atoms with Gasteiger partial charge in [0.05, 0.1) is 11.1 Å². The lowest BCUT2D eigenvalue weighted by molar-refractivity contribution is 0.705. The zero-order valence-corrected chi connectivity index (χ0v) is 13.4. The molecule has 2 heterocycles. The van der Waals surface area contributed by atoms with E-state index in [1.165, 1.54) is 41.9 Å². The molecule has 0 aliphatic heterocycles. The molecule has 0 bridgehead atoms. The molecule has 1 aliphatic rings. The lowest BCUT2D eigenvalue weighted by Crippen LogP contribution is -2.15. The van der Waals surface area contributed by atoms with E-state index in [2.05, 4.69) is 16.8 Å². The Bertz CT molecular complexity index is 535. The summed E-state index contributed by atoms with van der Waals surface area (Å²) in [6, 6.07) is 4.65. The molecule has 0 saturated heterocycles. The van der Waals surface area contributed by atoms with Crippen LogP contribution in [0.4, 0.5) is 0 Å². The highest BCUT2D eigenvalue weighted by Crippen LogP contribution is 2.38. The van der Waals surface area contributed by atoms with E-state index in [1.54, 1.807) is 21.8 Å². The quantitative estimate of drug-likeness (QED) is 0.783. The van der Waals surface area contributed by atoms with Gasteiger partial charge in [-0.05, 0) is 55.8 Å². The van der Waals surface area contributed by atoms with Gasteiger partial charge in [0.25, 0.3) is 0 Å². The Morgan fingerprint density at radius 2 is 2.11 bits per heavy atom. The topological polar surface area (TPSA) is 12.0 Å². The number of aryl methyl sites for hydroxylation is 2. The van der Waals surface area contributed by atoms with Crippen LogP contribution in [0.1, 0.15) is 45.5 Å². The Hall–Kier alpha value is -0.350. The van der Waals surface area contributed by atoms with Gasteiger partial charge in [-0.3, -0.25) is 0 Å². The van der Waals surface area contributed by atoms with Crippen LogP contribution in [0.25, 0.3) is 0 Å². The number of hydrogen-bond acceptors (Lipinski definition) is 3. The maximum absolute atomic E-state index is 6.29.